The minimum Gasteiger partial charge on any atom is -0.193 e. The van der Waals surface area contributed by atoms with Gasteiger partial charge in [-0.25, -0.2) is 0 Å². The third-order valence-electron chi connectivity index (χ3n) is 1.74. The molecule has 0 bridgehead atoms. The highest BCUT2D eigenvalue weighted by molar-refractivity contribution is 7.80. The van der Waals surface area contributed by atoms with Gasteiger partial charge < -0.3 is 0 Å². The van der Waals surface area contributed by atoms with Crippen LogP contribution in [-0.4, -0.2) is 10.9 Å². The van der Waals surface area contributed by atoms with E-state index in [-0.39, 0.29) is 0 Å². The van der Waals surface area contributed by atoms with Crippen LogP contribution in [0.15, 0.2) is 29.3 Å². The van der Waals surface area contributed by atoms with E-state index >= 15 is 0 Å². The van der Waals surface area contributed by atoms with Crippen molar-refractivity contribution in [2.24, 2.45) is 4.99 Å². The van der Waals surface area contributed by atoms with Crippen molar-refractivity contribution in [3.05, 3.63) is 34.9 Å². The van der Waals surface area contributed by atoms with Gasteiger partial charge in [0.2, 0.25) is 0 Å². The van der Waals surface area contributed by atoms with Gasteiger partial charge in [-0.15, -0.1) is 0 Å². The molecule has 1 rings (SSSR count). The van der Waals surface area contributed by atoms with E-state index in [1.807, 2.05) is 24.3 Å². The van der Waals surface area contributed by atoms with Gasteiger partial charge in [0.1, 0.15) is 0 Å². The van der Waals surface area contributed by atoms with Gasteiger partial charge in [-0.3, -0.25) is 0 Å². The van der Waals surface area contributed by atoms with Crippen LogP contribution in [0.1, 0.15) is 12.0 Å². The van der Waals surface area contributed by atoms with Gasteiger partial charge in [0, 0.05) is 0 Å². The molecule has 0 amide bonds. The Morgan fingerprint density at radius 2 is 2.33 bits per heavy atom. The number of thiol groups is 1. The molecule has 0 unspecified atom stereocenters. The molecule has 78 valence electrons. The molecule has 0 aromatic heterocycles. The minimum atomic E-state index is 0.584. The molecule has 0 aliphatic carbocycles. The lowest BCUT2D eigenvalue weighted by atomic mass is 10.2. The monoisotopic (exact) mass is 255 g/mol. The molecule has 1 aromatic rings. The fourth-order valence-electron chi connectivity index (χ4n) is 1.06. The zero-order chi connectivity index (χ0) is 11.1. The van der Waals surface area contributed by atoms with E-state index in [1.54, 1.807) is 0 Å². The second kappa shape index (κ2) is 6.81. The van der Waals surface area contributed by atoms with E-state index in [1.165, 1.54) is 0 Å². The Morgan fingerprint density at radius 3 is 2.93 bits per heavy atom. The van der Waals surface area contributed by atoms with Crippen molar-refractivity contribution in [2.75, 3.05) is 5.75 Å². The first-order valence-corrected chi connectivity index (χ1v) is 5.84. The van der Waals surface area contributed by atoms with Crippen LogP contribution >= 0.6 is 36.4 Å². The molecule has 0 radical (unpaired) electrons. The molecular formula is C11H10ClNS2. The zero-order valence-electron chi connectivity index (χ0n) is 7.98. The van der Waals surface area contributed by atoms with Gasteiger partial charge in [0.15, 0.2) is 0 Å². The molecule has 0 fully saturated rings. The number of benzene rings is 1. The Labute approximate surface area is 105 Å². The molecule has 0 saturated heterocycles. The van der Waals surface area contributed by atoms with E-state index in [2.05, 4.69) is 41.1 Å². The highest BCUT2D eigenvalue weighted by Gasteiger charge is 1.97. The molecule has 0 spiro atoms. The Hall–Kier alpha value is -0.600. The summed E-state index contributed by atoms with van der Waals surface area (Å²) in [6.45, 7) is 0. The van der Waals surface area contributed by atoms with Crippen LogP contribution in [0.3, 0.4) is 0 Å². The Kier molecular flexibility index (Phi) is 5.66. The lowest BCUT2D eigenvalue weighted by molar-refractivity contribution is 1.26. The second-order valence-corrected chi connectivity index (χ2v) is 3.87. The summed E-state index contributed by atoms with van der Waals surface area (Å²) in [7, 11) is 0. The standard InChI is InChI=1S/C11H10ClNS2/c12-10-7-9(3-1-2-6-14)4-5-11(10)13-8-15/h1,3-5,7,14H,2,6H2. The van der Waals surface area contributed by atoms with Crippen molar-refractivity contribution in [3.63, 3.8) is 0 Å². The molecule has 0 saturated carbocycles. The smallest absolute Gasteiger partial charge is 0.0926 e. The minimum absolute atomic E-state index is 0.584. The average molecular weight is 256 g/mol. The fourth-order valence-corrected chi connectivity index (χ4v) is 1.54. The first-order valence-electron chi connectivity index (χ1n) is 4.42. The molecule has 0 aliphatic rings. The van der Waals surface area contributed by atoms with Crippen LogP contribution in [0.25, 0.3) is 6.08 Å². The van der Waals surface area contributed by atoms with Crippen molar-refractivity contribution in [3.8, 4) is 0 Å². The van der Waals surface area contributed by atoms with Gasteiger partial charge >= 0.3 is 0 Å². The predicted molar refractivity (Wildman–Crippen MR) is 73.6 cm³/mol. The molecule has 15 heavy (non-hydrogen) atoms. The summed E-state index contributed by atoms with van der Waals surface area (Å²) < 4.78 is 0. The molecule has 0 N–H and O–H groups in total. The average Bonchev–Trinajstić information content (AvgIpc) is 2.23. The van der Waals surface area contributed by atoms with Crippen LogP contribution < -0.4 is 0 Å². The fraction of sp³-hybridized carbons (Fsp3) is 0.182. The normalized spacial score (nSPS) is 10.3. The maximum Gasteiger partial charge on any atom is 0.0926 e. The highest BCUT2D eigenvalue weighted by Crippen LogP contribution is 2.25. The van der Waals surface area contributed by atoms with Gasteiger partial charge in [-0.1, -0.05) is 29.8 Å². The number of hydrogen-bond donors (Lipinski definition) is 1. The molecule has 0 atom stereocenters. The van der Waals surface area contributed by atoms with Crippen LogP contribution in [-0.2, 0) is 0 Å². The van der Waals surface area contributed by atoms with Gasteiger partial charge in [-0.05, 0) is 42.1 Å². The largest absolute Gasteiger partial charge is 0.193 e. The molecule has 0 aliphatic heterocycles. The van der Waals surface area contributed by atoms with Crippen molar-refractivity contribution in [1.29, 1.82) is 0 Å². The summed E-state index contributed by atoms with van der Waals surface area (Å²) in [5.41, 5.74) is 1.70. The lowest BCUT2D eigenvalue weighted by Crippen LogP contribution is -1.74. The van der Waals surface area contributed by atoms with E-state index < -0.39 is 0 Å². The number of rotatable bonds is 4. The van der Waals surface area contributed by atoms with Crippen molar-refractivity contribution >= 4 is 53.4 Å². The topological polar surface area (TPSA) is 12.4 Å². The predicted octanol–water partition coefficient (Wildman–Crippen LogP) is 4.41. The Balaban J connectivity index is 2.86. The van der Waals surface area contributed by atoms with Crippen LogP contribution in [0, 0.1) is 0 Å². The van der Waals surface area contributed by atoms with Crippen LogP contribution in [0.5, 0.6) is 0 Å². The summed E-state index contributed by atoms with van der Waals surface area (Å²) in [6, 6.07) is 5.61. The van der Waals surface area contributed by atoms with Gasteiger partial charge in [0.25, 0.3) is 0 Å². The van der Waals surface area contributed by atoms with Gasteiger partial charge in [0.05, 0.1) is 15.9 Å². The highest BCUT2D eigenvalue weighted by atomic mass is 35.5. The van der Waals surface area contributed by atoms with E-state index in [9.17, 15) is 0 Å². The summed E-state index contributed by atoms with van der Waals surface area (Å²) in [4.78, 5) is 3.84. The van der Waals surface area contributed by atoms with Crippen LogP contribution in [0.2, 0.25) is 5.02 Å². The number of nitrogens with zero attached hydrogens (tertiary/aromatic N) is 1. The Morgan fingerprint density at radius 1 is 1.53 bits per heavy atom. The third-order valence-corrected chi connectivity index (χ3v) is 2.40. The second-order valence-electron chi connectivity index (χ2n) is 2.83. The molecule has 0 heterocycles. The number of halogens is 1. The van der Waals surface area contributed by atoms with E-state index in [0.29, 0.717) is 10.7 Å². The SMILES string of the molecule is S=C=Nc1ccc(C=CCCS)cc1Cl. The number of allylic oxidation sites excluding steroid dienone is 1. The summed E-state index contributed by atoms with van der Waals surface area (Å²) in [6.07, 6.45) is 5.01. The summed E-state index contributed by atoms with van der Waals surface area (Å²) in [5.74, 6) is 0.845. The van der Waals surface area contributed by atoms with Crippen molar-refractivity contribution in [2.45, 2.75) is 6.42 Å². The molecule has 1 nitrogen and oxygen atoms in total. The lowest BCUT2D eigenvalue weighted by Gasteiger charge is -1.98. The van der Waals surface area contributed by atoms with E-state index in [0.717, 1.165) is 17.7 Å². The first-order chi connectivity index (χ1) is 7.27. The van der Waals surface area contributed by atoms with Crippen molar-refractivity contribution < 1.29 is 0 Å². The molecular weight excluding hydrogens is 246 g/mol. The Bertz CT molecular complexity index is 409. The first kappa shape index (κ1) is 12.5. The summed E-state index contributed by atoms with van der Waals surface area (Å²) in [5, 5.41) is 2.88. The maximum atomic E-state index is 5.99. The number of aliphatic imine (C=N–C) groups is 1. The van der Waals surface area contributed by atoms with Crippen LogP contribution in [0.4, 0.5) is 5.69 Å². The maximum absolute atomic E-state index is 5.99. The van der Waals surface area contributed by atoms with Crippen molar-refractivity contribution in [1.82, 2.24) is 0 Å². The summed E-state index contributed by atoms with van der Waals surface area (Å²) >= 11 is 14.6. The molecule has 1 aromatic carbocycles. The third kappa shape index (κ3) is 4.18. The van der Waals surface area contributed by atoms with E-state index in [4.69, 9.17) is 11.6 Å². The zero-order valence-corrected chi connectivity index (χ0v) is 10.4. The number of hydrogen-bond acceptors (Lipinski definition) is 3. The molecule has 4 heteroatoms. The number of thiocarbonyl (C=S) groups is 1. The quantitative estimate of drug-likeness (QED) is 0.478. The van der Waals surface area contributed by atoms with Gasteiger partial charge in [-0.2, -0.15) is 17.6 Å². The number of isothiocyanates is 1.